The lowest BCUT2D eigenvalue weighted by Crippen LogP contribution is -1.92. The number of rotatable bonds is 2. The van der Waals surface area contributed by atoms with Gasteiger partial charge in [-0.2, -0.15) is 0 Å². The summed E-state index contributed by atoms with van der Waals surface area (Å²) in [6.07, 6.45) is 0. The summed E-state index contributed by atoms with van der Waals surface area (Å²) < 4.78 is 14.7. The molecule has 1 aromatic heterocycles. The van der Waals surface area contributed by atoms with Gasteiger partial charge in [-0.3, -0.25) is 10.1 Å². The van der Waals surface area contributed by atoms with Gasteiger partial charge in [0.1, 0.15) is 11.6 Å². The Balaban J connectivity index is 2.28. The molecule has 0 aliphatic heterocycles. The number of halogens is 1. The fraction of sp³-hybridized carbons (Fsp3) is 0.0714. The van der Waals surface area contributed by atoms with E-state index in [0.717, 1.165) is 0 Å². The first-order valence-corrected chi connectivity index (χ1v) is 5.93. The Labute approximate surface area is 113 Å². The van der Waals surface area contributed by atoms with Gasteiger partial charge in [-0.15, -0.1) is 0 Å². The van der Waals surface area contributed by atoms with Gasteiger partial charge in [0.25, 0.3) is 5.69 Å². The molecular weight excluding hydrogens is 261 g/mol. The molecule has 5 nitrogen and oxygen atoms in total. The smallest absolute Gasteiger partial charge is 0.297 e. The number of aromatic nitrogens is 2. The van der Waals surface area contributed by atoms with Crippen LogP contribution in [0.5, 0.6) is 0 Å². The number of nitro benzene ring substituents is 1. The number of nitrogens with zero attached hydrogens (tertiary/aromatic N) is 3. The highest BCUT2D eigenvalue weighted by molar-refractivity contribution is 5.88. The van der Waals surface area contributed by atoms with Gasteiger partial charge in [0, 0.05) is 18.7 Å². The van der Waals surface area contributed by atoms with E-state index < -0.39 is 4.92 Å². The third-order valence-electron chi connectivity index (χ3n) is 3.19. The summed E-state index contributed by atoms with van der Waals surface area (Å²) in [4.78, 5) is 14.9. The molecule has 0 aliphatic carbocycles. The van der Waals surface area contributed by atoms with Gasteiger partial charge in [0.2, 0.25) is 0 Å². The van der Waals surface area contributed by atoms with Crippen LogP contribution in [0.4, 0.5) is 10.1 Å². The fourth-order valence-corrected chi connectivity index (χ4v) is 2.20. The van der Waals surface area contributed by atoms with Crippen molar-refractivity contribution in [2.75, 3.05) is 0 Å². The highest BCUT2D eigenvalue weighted by atomic mass is 19.1. The van der Waals surface area contributed by atoms with E-state index in [9.17, 15) is 14.5 Å². The van der Waals surface area contributed by atoms with Gasteiger partial charge in [-0.25, -0.2) is 9.37 Å². The molecule has 2 aromatic carbocycles. The minimum Gasteiger partial charge on any atom is -0.327 e. The molecule has 0 amide bonds. The SMILES string of the molecule is Cn1c(-c2ccc(F)cc2)nc2c([N+](=O)[O-])cccc21. The highest BCUT2D eigenvalue weighted by Crippen LogP contribution is 2.29. The summed E-state index contributed by atoms with van der Waals surface area (Å²) in [7, 11) is 1.78. The number of imidazole rings is 1. The molecule has 0 spiro atoms. The Morgan fingerprint density at radius 2 is 1.90 bits per heavy atom. The van der Waals surface area contributed by atoms with Crippen molar-refractivity contribution >= 4 is 16.7 Å². The van der Waals surface area contributed by atoms with Crippen LogP contribution in [0.25, 0.3) is 22.4 Å². The number of non-ortho nitro benzene ring substituents is 1. The number of hydrogen-bond acceptors (Lipinski definition) is 3. The van der Waals surface area contributed by atoms with Crippen LogP contribution in [0.15, 0.2) is 42.5 Å². The molecule has 0 fully saturated rings. The molecule has 6 heteroatoms. The monoisotopic (exact) mass is 271 g/mol. The fourth-order valence-electron chi connectivity index (χ4n) is 2.20. The second-order valence-corrected chi connectivity index (χ2v) is 4.40. The average Bonchev–Trinajstić information content (AvgIpc) is 2.77. The molecule has 0 bridgehead atoms. The van der Waals surface area contributed by atoms with Crippen LogP contribution < -0.4 is 0 Å². The van der Waals surface area contributed by atoms with Crippen LogP contribution in [0, 0.1) is 15.9 Å². The maximum absolute atomic E-state index is 13.0. The summed E-state index contributed by atoms with van der Waals surface area (Å²) in [5.74, 6) is 0.229. The number of nitro groups is 1. The van der Waals surface area contributed by atoms with Crippen molar-refractivity contribution in [3.8, 4) is 11.4 Å². The van der Waals surface area contributed by atoms with E-state index in [0.29, 0.717) is 22.4 Å². The van der Waals surface area contributed by atoms with Gasteiger partial charge in [-0.05, 0) is 30.3 Å². The molecule has 0 aliphatic rings. The van der Waals surface area contributed by atoms with Crippen molar-refractivity contribution in [1.82, 2.24) is 9.55 Å². The summed E-state index contributed by atoms with van der Waals surface area (Å²) in [5, 5.41) is 11.0. The molecule has 0 atom stereocenters. The Morgan fingerprint density at radius 3 is 2.55 bits per heavy atom. The maximum atomic E-state index is 13.0. The van der Waals surface area contributed by atoms with Crippen molar-refractivity contribution < 1.29 is 9.31 Å². The summed E-state index contributed by atoms with van der Waals surface area (Å²) in [6.45, 7) is 0. The zero-order valence-corrected chi connectivity index (χ0v) is 10.6. The van der Waals surface area contributed by atoms with Crippen LogP contribution in [0.1, 0.15) is 0 Å². The molecular formula is C14H10FN3O2. The van der Waals surface area contributed by atoms with Crippen LogP contribution in [-0.4, -0.2) is 14.5 Å². The van der Waals surface area contributed by atoms with E-state index in [4.69, 9.17) is 0 Å². The van der Waals surface area contributed by atoms with E-state index in [1.807, 2.05) is 0 Å². The lowest BCUT2D eigenvalue weighted by molar-refractivity contribution is -0.383. The Morgan fingerprint density at radius 1 is 1.20 bits per heavy atom. The molecule has 20 heavy (non-hydrogen) atoms. The van der Waals surface area contributed by atoms with Gasteiger partial charge in [0.05, 0.1) is 10.4 Å². The molecule has 100 valence electrons. The van der Waals surface area contributed by atoms with E-state index in [-0.39, 0.29) is 11.5 Å². The lowest BCUT2D eigenvalue weighted by atomic mass is 10.2. The average molecular weight is 271 g/mol. The van der Waals surface area contributed by atoms with Crippen molar-refractivity contribution in [2.24, 2.45) is 7.05 Å². The third kappa shape index (κ3) is 1.82. The summed E-state index contributed by atoms with van der Waals surface area (Å²) >= 11 is 0. The van der Waals surface area contributed by atoms with E-state index >= 15 is 0 Å². The van der Waals surface area contributed by atoms with Crippen LogP contribution in [0.2, 0.25) is 0 Å². The predicted octanol–water partition coefficient (Wildman–Crippen LogP) is 3.29. The maximum Gasteiger partial charge on any atom is 0.297 e. The van der Waals surface area contributed by atoms with Gasteiger partial charge < -0.3 is 4.57 Å². The topological polar surface area (TPSA) is 61.0 Å². The largest absolute Gasteiger partial charge is 0.327 e. The molecule has 1 heterocycles. The number of fused-ring (bicyclic) bond motifs is 1. The molecule has 0 unspecified atom stereocenters. The number of benzene rings is 2. The van der Waals surface area contributed by atoms with Crippen LogP contribution >= 0.6 is 0 Å². The number of hydrogen-bond donors (Lipinski definition) is 0. The van der Waals surface area contributed by atoms with Gasteiger partial charge in [-0.1, -0.05) is 6.07 Å². The van der Waals surface area contributed by atoms with Crippen LogP contribution in [0.3, 0.4) is 0 Å². The first-order chi connectivity index (χ1) is 9.58. The normalized spacial score (nSPS) is 10.9. The third-order valence-corrected chi connectivity index (χ3v) is 3.19. The summed E-state index contributed by atoms with van der Waals surface area (Å²) in [6, 6.07) is 10.7. The van der Waals surface area contributed by atoms with Crippen molar-refractivity contribution in [3.63, 3.8) is 0 Å². The molecule has 0 radical (unpaired) electrons. The zero-order chi connectivity index (χ0) is 14.3. The number of para-hydroxylation sites is 1. The van der Waals surface area contributed by atoms with Crippen molar-refractivity contribution in [3.05, 3.63) is 58.4 Å². The van der Waals surface area contributed by atoms with Crippen molar-refractivity contribution in [2.45, 2.75) is 0 Å². The number of aryl methyl sites for hydroxylation is 1. The Kier molecular flexibility index (Phi) is 2.71. The van der Waals surface area contributed by atoms with E-state index in [1.54, 1.807) is 35.9 Å². The Bertz CT molecular complexity index is 809. The van der Waals surface area contributed by atoms with Crippen LogP contribution in [-0.2, 0) is 7.05 Å². The standard InChI is InChI=1S/C14H10FN3O2/c1-17-11-3-2-4-12(18(19)20)13(11)16-14(17)9-5-7-10(15)8-6-9/h2-8H,1H3. The second-order valence-electron chi connectivity index (χ2n) is 4.40. The quantitative estimate of drug-likeness (QED) is 0.530. The molecule has 0 N–H and O–H groups in total. The first kappa shape index (κ1) is 12.3. The van der Waals surface area contributed by atoms with Gasteiger partial charge in [0.15, 0.2) is 5.52 Å². The molecule has 3 rings (SSSR count). The first-order valence-electron chi connectivity index (χ1n) is 5.93. The lowest BCUT2D eigenvalue weighted by Gasteiger charge is -2.01. The zero-order valence-electron chi connectivity index (χ0n) is 10.6. The minimum absolute atomic E-state index is 0.0357. The molecule has 0 saturated carbocycles. The van der Waals surface area contributed by atoms with Crippen molar-refractivity contribution in [1.29, 1.82) is 0 Å². The predicted molar refractivity (Wildman–Crippen MR) is 72.8 cm³/mol. The second kappa shape index (κ2) is 4.41. The molecule has 3 aromatic rings. The molecule has 0 saturated heterocycles. The van der Waals surface area contributed by atoms with E-state index in [1.165, 1.54) is 18.2 Å². The summed E-state index contributed by atoms with van der Waals surface area (Å²) in [5.41, 5.74) is 1.67. The minimum atomic E-state index is -0.455. The van der Waals surface area contributed by atoms with E-state index in [2.05, 4.69) is 4.98 Å². The highest BCUT2D eigenvalue weighted by Gasteiger charge is 2.18. The van der Waals surface area contributed by atoms with Gasteiger partial charge >= 0.3 is 0 Å². The Hall–Kier alpha value is -2.76.